The van der Waals surface area contributed by atoms with Gasteiger partial charge in [0, 0.05) is 15.6 Å². The van der Waals surface area contributed by atoms with E-state index in [9.17, 15) is 14.4 Å². The molecule has 0 radical (unpaired) electrons. The highest BCUT2D eigenvalue weighted by Gasteiger charge is 2.55. The second kappa shape index (κ2) is 19.0. The summed E-state index contributed by atoms with van der Waals surface area (Å²) in [5.74, 6) is 1.09. The number of hydrogen-bond donors (Lipinski definition) is 2. The molecule has 0 aliphatic carbocycles. The first-order chi connectivity index (χ1) is 29.9. The fraction of sp³-hybridized carbons (Fsp3) is 0.146. The summed E-state index contributed by atoms with van der Waals surface area (Å²) in [5, 5.41) is 12.4. The number of fused-ring (bicyclic) bond motifs is 1. The summed E-state index contributed by atoms with van der Waals surface area (Å²) in [6, 6.07) is 48.2. The zero-order valence-corrected chi connectivity index (χ0v) is 36.3. The summed E-state index contributed by atoms with van der Waals surface area (Å²) in [4.78, 5) is 54.1. The number of rotatable bonds is 15. The van der Waals surface area contributed by atoms with Gasteiger partial charge in [-0.2, -0.15) is 0 Å². The molecule has 2 atom stereocenters. The van der Waals surface area contributed by atoms with E-state index in [0.29, 0.717) is 15.3 Å². The van der Waals surface area contributed by atoms with Gasteiger partial charge in [-0.15, -0.1) is 29.5 Å². The Morgan fingerprint density at radius 1 is 0.852 bits per heavy atom. The van der Waals surface area contributed by atoms with Crippen molar-refractivity contribution in [2.45, 2.75) is 23.1 Å². The molecule has 2 amide bonds. The third kappa shape index (κ3) is 8.56. The number of nitrogens with zero attached hydrogens (tertiary/aromatic N) is 3. The topological polar surface area (TPSA) is 122 Å². The van der Waals surface area contributed by atoms with Crippen molar-refractivity contribution in [3.63, 3.8) is 0 Å². The smallest absolute Gasteiger partial charge is 0.356 e. The van der Waals surface area contributed by atoms with E-state index in [2.05, 4.69) is 80.7 Å². The average molecular weight is 956 g/mol. The Kier molecular flexibility index (Phi) is 12.9. The molecule has 10 nitrogen and oxygen atoms in total. The molecule has 1 aromatic heterocycles. The van der Waals surface area contributed by atoms with Gasteiger partial charge in [-0.05, 0) is 33.4 Å². The van der Waals surface area contributed by atoms with Crippen LogP contribution in [0.15, 0.2) is 173 Å². The normalized spacial score (nSPS) is 16.2. The van der Waals surface area contributed by atoms with Gasteiger partial charge in [0.2, 0.25) is 0 Å². The lowest BCUT2D eigenvalue weighted by Gasteiger charge is -2.49. The van der Waals surface area contributed by atoms with Crippen molar-refractivity contribution in [1.82, 2.24) is 15.2 Å². The molecule has 3 heterocycles. The summed E-state index contributed by atoms with van der Waals surface area (Å²) < 4.78 is 6.74. The number of halogens is 1. The molecule has 0 spiro atoms. The quantitative estimate of drug-likeness (QED) is 0.0121. The molecule has 2 N–H and O–H groups in total. The number of carbonyl (C=O) groups is 3. The van der Waals surface area contributed by atoms with Crippen LogP contribution in [0.2, 0.25) is 0 Å². The summed E-state index contributed by atoms with van der Waals surface area (Å²) in [7, 11) is 0. The van der Waals surface area contributed by atoms with Crippen LogP contribution >= 0.6 is 45.7 Å². The molecule has 0 bridgehead atoms. The molecule has 6 aromatic rings. The Balaban J connectivity index is 1.05. The molecular weight excluding hydrogens is 918 g/mol. The number of oxime groups is 1. The summed E-state index contributed by atoms with van der Waals surface area (Å²) in [6.07, 6.45) is 4.77. The van der Waals surface area contributed by atoms with Crippen molar-refractivity contribution < 1.29 is 24.0 Å². The van der Waals surface area contributed by atoms with E-state index in [1.165, 1.54) is 28.0 Å². The minimum absolute atomic E-state index is 0.159. The van der Waals surface area contributed by atoms with Crippen LogP contribution in [0.25, 0.3) is 0 Å². The summed E-state index contributed by atoms with van der Waals surface area (Å²) in [5.41, 5.74) is 4.68. The van der Waals surface area contributed by atoms with Crippen molar-refractivity contribution in [3.8, 4) is 12.3 Å². The van der Waals surface area contributed by atoms with E-state index in [-0.39, 0.29) is 23.7 Å². The number of carbonyl (C=O) groups excluding carboxylic acids is 3. The van der Waals surface area contributed by atoms with Gasteiger partial charge in [0.25, 0.3) is 11.8 Å². The van der Waals surface area contributed by atoms with E-state index in [0.717, 1.165) is 33.4 Å². The van der Waals surface area contributed by atoms with E-state index in [1.807, 2.05) is 115 Å². The van der Waals surface area contributed by atoms with Gasteiger partial charge in [0.15, 0.2) is 23.6 Å². The Bertz CT molecular complexity index is 2470. The van der Waals surface area contributed by atoms with Gasteiger partial charge in [0.1, 0.15) is 28.3 Å². The number of hydrogen-bond acceptors (Lipinski definition) is 10. The van der Waals surface area contributed by atoms with Gasteiger partial charge in [-0.1, -0.05) is 185 Å². The highest BCUT2D eigenvalue weighted by atomic mass is 127. The molecule has 2 aliphatic rings. The van der Waals surface area contributed by atoms with Gasteiger partial charge in [-0.25, -0.2) is 9.78 Å². The van der Waals surface area contributed by atoms with Gasteiger partial charge >= 0.3 is 5.97 Å². The number of β-lactam (4-membered cyclic amide) rings is 1. The molecule has 1 unspecified atom stereocenters. The fourth-order valence-electron chi connectivity index (χ4n) is 7.45. The fourth-order valence-corrected chi connectivity index (χ4v) is 10.5. The first-order valence-electron chi connectivity index (χ1n) is 19.3. The zero-order chi connectivity index (χ0) is 42.2. The molecule has 304 valence electrons. The molecule has 13 heteroatoms. The number of thioether (sulfide) groups is 1. The SMILES string of the molecule is C#CCON=C(C(=O)NC1C(=O)N2C(C(=O)OC(c3ccccc3)c3ccccc3)=C(CI)CS[C@@H]12)c1csc(NC(c2ccccc2)(c2ccccc2)c2ccccc2)n1. The van der Waals surface area contributed by atoms with Gasteiger partial charge in [-0.3, -0.25) is 14.5 Å². The van der Waals surface area contributed by atoms with Crippen molar-refractivity contribution in [3.05, 3.63) is 202 Å². The second-order valence-electron chi connectivity index (χ2n) is 14.0. The lowest BCUT2D eigenvalue weighted by molar-refractivity contribution is -0.154. The predicted octanol–water partition coefficient (Wildman–Crippen LogP) is 8.32. The van der Waals surface area contributed by atoms with Crippen molar-refractivity contribution in [2.75, 3.05) is 22.1 Å². The molecule has 2 aliphatic heterocycles. The van der Waals surface area contributed by atoms with E-state index >= 15 is 0 Å². The highest BCUT2D eigenvalue weighted by Crippen LogP contribution is 2.43. The standard InChI is InChI=1S/C48H38IN5O5S2/c1-2-28-58-53-39(38-31-61-47(50-38)52-48(35-22-12-5-13-23-35,36-24-14-6-15-25-36)37-26-16-7-17-27-37)43(55)51-40-44(56)54-41(34(29-49)30-60-45(40)54)46(57)59-42(32-18-8-3-9-19-32)33-20-10-4-11-21-33/h1,3-27,31,40,42,45H,28-30H2,(H,50,52)(H,51,55)/t40?,45-/m0/s1. The Morgan fingerprint density at radius 3 is 1.89 bits per heavy atom. The van der Waals surface area contributed by atoms with Crippen LogP contribution in [0.3, 0.4) is 0 Å². The Labute approximate surface area is 375 Å². The molecule has 61 heavy (non-hydrogen) atoms. The second-order valence-corrected chi connectivity index (χ2v) is 16.7. The maximum atomic E-state index is 14.2. The molecular formula is C48H38IN5O5S2. The number of esters is 1. The average Bonchev–Trinajstić information content (AvgIpc) is 3.79. The third-order valence-electron chi connectivity index (χ3n) is 10.3. The van der Waals surface area contributed by atoms with Crippen LogP contribution in [-0.2, 0) is 29.5 Å². The molecule has 0 saturated carbocycles. The first kappa shape index (κ1) is 41.5. The summed E-state index contributed by atoms with van der Waals surface area (Å²) >= 11 is 4.95. The van der Waals surface area contributed by atoms with Crippen molar-refractivity contribution >= 4 is 74.3 Å². The number of nitrogens with one attached hydrogen (secondary N) is 2. The number of anilines is 1. The molecule has 1 saturated heterocycles. The number of benzene rings is 5. The van der Waals surface area contributed by atoms with Gasteiger partial charge in [0.05, 0.1) is 0 Å². The number of thiazole rings is 1. The number of terminal acetylenes is 1. The van der Waals surface area contributed by atoms with Gasteiger partial charge < -0.3 is 20.2 Å². The maximum Gasteiger partial charge on any atom is 0.356 e. The number of amides is 2. The molecule has 8 rings (SSSR count). The lowest BCUT2D eigenvalue weighted by Crippen LogP contribution is -2.71. The largest absolute Gasteiger partial charge is 0.448 e. The van der Waals surface area contributed by atoms with Crippen LogP contribution in [0.1, 0.15) is 39.6 Å². The lowest BCUT2D eigenvalue weighted by atomic mass is 9.77. The maximum absolute atomic E-state index is 14.2. The van der Waals surface area contributed by atoms with Crippen LogP contribution < -0.4 is 10.6 Å². The van der Waals surface area contributed by atoms with Crippen LogP contribution in [0, 0.1) is 12.3 Å². The first-order valence-corrected chi connectivity index (χ1v) is 22.8. The third-order valence-corrected chi connectivity index (χ3v) is 13.3. The van der Waals surface area contributed by atoms with Crippen molar-refractivity contribution in [2.24, 2.45) is 5.16 Å². The summed E-state index contributed by atoms with van der Waals surface area (Å²) in [6.45, 7) is -0.192. The van der Waals surface area contributed by atoms with E-state index in [4.69, 9.17) is 21.0 Å². The number of alkyl halides is 1. The van der Waals surface area contributed by atoms with E-state index < -0.39 is 40.8 Å². The highest BCUT2D eigenvalue weighted by molar-refractivity contribution is 14.1. The zero-order valence-electron chi connectivity index (χ0n) is 32.5. The van der Waals surface area contributed by atoms with Crippen LogP contribution in [0.4, 0.5) is 5.13 Å². The van der Waals surface area contributed by atoms with Crippen LogP contribution in [-0.4, -0.2) is 61.6 Å². The Morgan fingerprint density at radius 2 is 1.38 bits per heavy atom. The minimum Gasteiger partial charge on any atom is -0.448 e. The minimum atomic E-state index is -0.967. The van der Waals surface area contributed by atoms with Crippen molar-refractivity contribution in [1.29, 1.82) is 0 Å². The van der Waals surface area contributed by atoms with Crippen LogP contribution in [0.5, 0.6) is 0 Å². The number of ether oxygens (including phenoxy) is 1. The predicted molar refractivity (Wildman–Crippen MR) is 248 cm³/mol. The molecule has 1 fully saturated rings. The Hall–Kier alpha value is -6.21. The van der Waals surface area contributed by atoms with E-state index in [1.54, 1.807) is 5.38 Å². The number of aromatic nitrogens is 1. The monoisotopic (exact) mass is 955 g/mol. The molecule has 5 aromatic carbocycles.